The van der Waals surface area contributed by atoms with Crippen molar-refractivity contribution >= 4 is 77.0 Å². The summed E-state index contributed by atoms with van der Waals surface area (Å²) in [5.41, 5.74) is 1.39. The molecule has 208 valence electrons. The summed E-state index contributed by atoms with van der Waals surface area (Å²) in [4.78, 5) is 49.0. The molecule has 42 heavy (non-hydrogen) atoms. The van der Waals surface area contributed by atoms with Gasteiger partial charge in [0, 0.05) is 20.3 Å². The van der Waals surface area contributed by atoms with E-state index in [-0.39, 0.29) is 22.0 Å². The Morgan fingerprint density at radius 2 is 0.952 bits per heavy atom. The smallest absolute Gasteiger partial charge is 0.262 e. The lowest BCUT2D eigenvalue weighted by Gasteiger charge is -2.05. The fraction of sp³-hybridized carbons (Fsp3) is 0. The van der Waals surface area contributed by atoms with Gasteiger partial charge in [-0.1, -0.05) is 68.3 Å². The second-order valence-corrected chi connectivity index (χ2v) is 10.7. The molecule has 2 N–H and O–H groups in total. The molecule has 2 heterocycles. The van der Waals surface area contributed by atoms with E-state index in [1.54, 1.807) is 84.9 Å². The Labute approximate surface area is 255 Å². The molecular weight excluding hydrogens is 668 g/mol. The Kier molecular flexibility index (Phi) is 8.75. The van der Waals surface area contributed by atoms with Gasteiger partial charge in [0.15, 0.2) is 0 Å². The number of carbonyl (C=O) groups is 2. The van der Waals surface area contributed by atoms with Crippen molar-refractivity contribution in [2.75, 3.05) is 10.6 Å². The predicted octanol–water partition coefficient (Wildman–Crippen LogP) is 7.62. The maximum atomic E-state index is 12.3. The molecule has 10 heteroatoms. The van der Waals surface area contributed by atoms with Crippen LogP contribution in [0.5, 0.6) is 0 Å². The van der Waals surface area contributed by atoms with Crippen molar-refractivity contribution in [1.82, 2.24) is 0 Å². The Bertz CT molecular complexity index is 1920. The van der Waals surface area contributed by atoms with E-state index in [1.165, 1.54) is 12.5 Å². The first-order valence-electron chi connectivity index (χ1n) is 12.4. The standard InChI is InChI=1S/2C16H10BrNO3/c2*17-10-4-3-5-11(8-10)18-16(20)13-9-21-14-7-2-1-6-12(14)15(13)19/h2*1-9H,(H,18,20). The maximum Gasteiger partial charge on any atom is 0.262 e. The largest absolute Gasteiger partial charge is 0.463 e. The summed E-state index contributed by atoms with van der Waals surface area (Å²) < 4.78 is 12.3. The molecule has 0 fully saturated rings. The Morgan fingerprint density at radius 1 is 0.548 bits per heavy atom. The number of rotatable bonds is 4. The van der Waals surface area contributed by atoms with Gasteiger partial charge in [-0.25, -0.2) is 0 Å². The van der Waals surface area contributed by atoms with Gasteiger partial charge in [0.05, 0.1) is 10.8 Å². The zero-order chi connectivity index (χ0) is 29.6. The van der Waals surface area contributed by atoms with Crippen LogP contribution in [0.3, 0.4) is 0 Å². The van der Waals surface area contributed by atoms with E-state index in [9.17, 15) is 19.2 Å². The summed E-state index contributed by atoms with van der Waals surface area (Å²) in [5, 5.41) is 6.13. The minimum atomic E-state index is -0.493. The zero-order valence-corrected chi connectivity index (χ0v) is 24.8. The molecule has 8 nitrogen and oxygen atoms in total. The second-order valence-electron chi connectivity index (χ2n) is 8.88. The molecule has 2 aromatic heterocycles. The molecular formula is C32H20Br2N2O6. The Hall–Kier alpha value is -4.80. The number of amides is 2. The number of hydrogen-bond acceptors (Lipinski definition) is 6. The third-order valence-corrected chi connectivity index (χ3v) is 7.00. The van der Waals surface area contributed by atoms with Crippen LogP contribution in [0.15, 0.2) is 137 Å². The summed E-state index contributed by atoms with van der Waals surface area (Å²) in [7, 11) is 0. The summed E-state index contributed by atoms with van der Waals surface area (Å²) in [6.45, 7) is 0. The molecule has 2 amide bonds. The number of para-hydroxylation sites is 2. The van der Waals surface area contributed by atoms with Gasteiger partial charge >= 0.3 is 0 Å². The fourth-order valence-corrected chi connectivity index (χ4v) is 4.80. The number of nitrogens with one attached hydrogen (secondary N) is 2. The highest BCUT2D eigenvalue weighted by Gasteiger charge is 2.15. The van der Waals surface area contributed by atoms with Crippen LogP contribution in [-0.2, 0) is 0 Å². The quantitative estimate of drug-likeness (QED) is 0.197. The highest BCUT2D eigenvalue weighted by atomic mass is 79.9. The highest BCUT2D eigenvalue weighted by molar-refractivity contribution is 9.10. The molecule has 0 saturated carbocycles. The molecule has 0 aliphatic rings. The maximum absolute atomic E-state index is 12.3. The number of anilines is 2. The molecule has 0 aliphatic heterocycles. The van der Waals surface area contributed by atoms with Gasteiger partial charge in [-0.3, -0.25) is 19.2 Å². The minimum absolute atomic E-state index is 0.0197. The molecule has 0 atom stereocenters. The molecule has 0 unspecified atom stereocenters. The van der Waals surface area contributed by atoms with Crippen molar-refractivity contribution in [3.63, 3.8) is 0 Å². The molecule has 0 bridgehead atoms. The highest BCUT2D eigenvalue weighted by Crippen LogP contribution is 2.18. The van der Waals surface area contributed by atoms with E-state index < -0.39 is 11.8 Å². The van der Waals surface area contributed by atoms with E-state index >= 15 is 0 Å². The van der Waals surface area contributed by atoms with Crippen molar-refractivity contribution in [3.05, 3.63) is 150 Å². The van der Waals surface area contributed by atoms with Crippen LogP contribution in [0.25, 0.3) is 21.9 Å². The van der Waals surface area contributed by atoms with Gasteiger partial charge in [-0.15, -0.1) is 0 Å². The summed E-state index contributed by atoms with van der Waals surface area (Å²) in [6.07, 6.45) is 2.38. The lowest BCUT2D eigenvalue weighted by atomic mass is 10.1. The van der Waals surface area contributed by atoms with Gasteiger partial charge in [-0.05, 0) is 60.7 Å². The minimum Gasteiger partial charge on any atom is -0.463 e. The van der Waals surface area contributed by atoms with Gasteiger partial charge in [0.25, 0.3) is 11.8 Å². The molecule has 0 radical (unpaired) electrons. The molecule has 4 aromatic carbocycles. The van der Waals surface area contributed by atoms with Gasteiger partial charge in [0.2, 0.25) is 10.9 Å². The van der Waals surface area contributed by atoms with Crippen LogP contribution >= 0.6 is 31.9 Å². The summed E-state index contributed by atoms with van der Waals surface area (Å²) >= 11 is 6.65. The van der Waals surface area contributed by atoms with Crippen LogP contribution < -0.4 is 21.5 Å². The van der Waals surface area contributed by atoms with Crippen LogP contribution in [0, 0.1) is 0 Å². The molecule has 0 saturated heterocycles. The lowest BCUT2D eigenvalue weighted by Crippen LogP contribution is -2.21. The molecule has 0 spiro atoms. The van der Waals surface area contributed by atoms with E-state index in [1.807, 2.05) is 12.1 Å². The summed E-state index contributed by atoms with van der Waals surface area (Å²) in [6, 6.07) is 27.9. The third kappa shape index (κ3) is 6.56. The van der Waals surface area contributed by atoms with Crippen molar-refractivity contribution in [2.24, 2.45) is 0 Å². The average Bonchev–Trinajstić information content (AvgIpc) is 2.98. The van der Waals surface area contributed by atoms with Gasteiger partial charge < -0.3 is 19.5 Å². The van der Waals surface area contributed by atoms with E-state index in [4.69, 9.17) is 8.83 Å². The molecule has 6 aromatic rings. The Morgan fingerprint density at radius 3 is 1.36 bits per heavy atom. The normalized spacial score (nSPS) is 10.5. The molecule has 0 aliphatic carbocycles. The first-order chi connectivity index (χ1) is 20.3. The SMILES string of the molecule is O=C(Nc1cccc(Br)c1)c1coc2ccccc2c1=O.O=C(Nc1cccc(Br)c1)c1coc2ccccc2c1=O. The predicted molar refractivity (Wildman–Crippen MR) is 169 cm³/mol. The zero-order valence-electron chi connectivity index (χ0n) is 21.6. The average molecular weight is 688 g/mol. The topological polar surface area (TPSA) is 119 Å². The monoisotopic (exact) mass is 686 g/mol. The van der Waals surface area contributed by atoms with Gasteiger partial charge in [-0.2, -0.15) is 0 Å². The molecule has 6 rings (SSSR count). The first-order valence-corrected chi connectivity index (χ1v) is 14.0. The van der Waals surface area contributed by atoms with Gasteiger partial charge in [0.1, 0.15) is 34.8 Å². The van der Waals surface area contributed by atoms with E-state index in [0.29, 0.717) is 33.3 Å². The Balaban J connectivity index is 0.000000168. The number of benzene rings is 4. The van der Waals surface area contributed by atoms with Crippen LogP contribution in [0.2, 0.25) is 0 Å². The van der Waals surface area contributed by atoms with Crippen LogP contribution in [0.4, 0.5) is 11.4 Å². The number of fused-ring (bicyclic) bond motifs is 2. The van der Waals surface area contributed by atoms with Crippen molar-refractivity contribution in [2.45, 2.75) is 0 Å². The van der Waals surface area contributed by atoms with Crippen molar-refractivity contribution in [3.8, 4) is 0 Å². The van der Waals surface area contributed by atoms with Crippen LogP contribution in [0.1, 0.15) is 20.7 Å². The second kappa shape index (κ2) is 12.8. The first kappa shape index (κ1) is 28.7. The fourth-order valence-electron chi connectivity index (χ4n) is 4.00. The third-order valence-electron chi connectivity index (χ3n) is 6.01. The number of halogens is 2. The van der Waals surface area contributed by atoms with Crippen molar-refractivity contribution in [1.29, 1.82) is 0 Å². The summed E-state index contributed by atoms with van der Waals surface area (Å²) in [5.74, 6) is -0.986. The van der Waals surface area contributed by atoms with E-state index in [2.05, 4.69) is 42.5 Å². The number of carbonyl (C=O) groups excluding carboxylic acids is 2. The number of hydrogen-bond donors (Lipinski definition) is 2. The van der Waals surface area contributed by atoms with E-state index in [0.717, 1.165) is 8.95 Å². The lowest BCUT2D eigenvalue weighted by molar-refractivity contribution is 0.101. The van der Waals surface area contributed by atoms with Crippen LogP contribution in [-0.4, -0.2) is 11.8 Å². The van der Waals surface area contributed by atoms with Crippen molar-refractivity contribution < 1.29 is 18.4 Å².